The van der Waals surface area contributed by atoms with E-state index in [9.17, 15) is 39.3 Å². The van der Waals surface area contributed by atoms with Crippen LogP contribution in [0.15, 0.2) is 0 Å². The van der Waals surface area contributed by atoms with Crippen molar-refractivity contribution in [2.24, 2.45) is 27.1 Å². The van der Waals surface area contributed by atoms with Gasteiger partial charge >= 0.3 is 17.7 Å². The van der Waals surface area contributed by atoms with Gasteiger partial charge in [-0.05, 0) is 41.5 Å². The van der Waals surface area contributed by atoms with Crippen molar-refractivity contribution in [1.29, 1.82) is 0 Å². The van der Waals surface area contributed by atoms with E-state index < -0.39 is 92.2 Å². The Labute approximate surface area is 249 Å². The summed E-state index contributed by atoms with van der Waals surface area (Å²) in [5, 5.41) is 34.7. The van der Waals surface area contributed by atoms with Gasteiger partial charge in [0.05, 0.1) is 17.4 Å². The molecule has 1 unspecified atom stereocenters. The summed E-state index contributed by atoms with van der Waals surface area (Å²) in [5.74, 6) is -9.24. The van der Waals surface area contributed by atoms with Crippen LogP contribution in [0.2, 0.25) is 0 Å². The van der Waals surface area contributed by atoms with Gasteiger partial charge in [0.15, 0.2) is 11.6 Å². The molecular formula is C31H52O11. The van der Waals surface area contributed by atoms with Crippen molar-refractivity contribution in [2.45, 2.75) is 133 Å². The average molecular weight is 601 g/mol. The van der Waals surface area contributed by atoms with Crippen molar-refractivity contribution in [2.75, 3.05) is 6.61 Å². The third-order valence-corrected chi connectivity index (χ3v) is 6.99. The maximum absolute atomic E-state index is 14.9. The maximum Gasteiger partial charge on any atom is 0.325 e. The SMILES string of the molecule is CC(C)(C)C(=O)OC1(C(=O)C(C)(C)C)O[C@H](CO)[C@@H](O)[C@@](O)(C(=O)C(C)(C)C)[C@]1(OC(=O)C(C)(C)C)C(=O)C(C)(C)C. The molecule has 1 aliphatic rings. The minimum Gasteiger partial charge on any atom is -0.439 e. The van der Waals surface area contributed by atoms with Crippen LogP contribution in [0.3, 0.4) is 0 Å². The number of hydrogen-bond acceptors (Lipinski definition) is 11. The van der Waals surface area contributed by atoms with E-state index in [0.29, 0.717) is 0 Å². The summed E-state index contributed by atoms with van der Waals surface area (Å²) in [7, 11) is 0. The van der Waals surface area contributed by atoms with Crippen molar-refractivity contribution in [1.82, 2.24) is 0 Å². The largest absolute Gasteiger partial charge is 0.439 e. The molecule has 0 bridgehead atoms. The molecule has 0 amide bonds. The molecule has 1 heterocycles. The molecule has 11 heteroatoms. The fraction of sp³-hybridized carbons (Fsp3) is 0.839. The summed E-state index contributed by atoms with van der Waals surface area (Å²) in [6.07, 6.45) is -4.38. The van der Waals surface area contributed by atoms with Gasteiger partial charge in [0.1, 0.15) is 12.2 Å². The van der Waals surface area contributed by atoms with Crippen molar-refractivity contribution < 1.29 is 53.5 Å². The van der Waals surface area contributed by atoms with E-state index in [1.807, 2.05) is 0 Å². The number of ether oxygens (including phenoxy) is 3. The maximum atomic E-state index is 14.9. The fourth-order valence-corrected chi connectivity index (χ4v) is 4.56. The van der Waals surface area contributed by atoms with Crippen molar-refractivity contribution >= 4 is 29.3 Å². The van der Waals surface area contributed by atoms with Crippen LogP contribution >= 0.6 is 0 Å². The Bertz CT molecular complexity index is 1100. The van der Waals surface area contributed by atoms with E-state index in [1.54, 1.807) is 0 Å². The van der Waals surface area contributed by atoms with E-state index in [4.69, 9.17) is 14.2 Å². The lowest BCUT2D eigenvalue weighted by molar-refractivity contribution is -0.383. The summed E-state index contributed by atoms with van der Waals surface area (Å²) < 4.78 is 17.8. The van der Waals surface area contributed by atoms with Crippen molar-refractivity contribution in [3.63, 3.8) is 0 Å². The molecule has 1 rings (SSSR count). The highest BCUT2D eigenvalue weighted by atomic mass is 16.8. The van der Waals surface area contributed by atoms with E-state index in [-0.39, 0.29) is 0 Å². The average Bonchev–Trinajstić information content (AvgIpc) is 2.78. The van der Waals surface area contributed by atoms with Crippen LogP contribution in [0.1, 0.15) is 104 Å². The topological polar surface area (TPSA) is 174 Å². The van der Waals surface area contributed by atoms with Crippen LogP contribution < -0.4 is 0 Å². The van der Waals surface area contributed by atoms with Crippen LogP contribution in [0.5, 0.6) is 0 Å². The fourth-order valence-electron chi connectivity index (χ4n) is 4.56. The summed E-state index contributed by atoms with van der Waals surface area (Å²) in [5.41, 5.74) is -14.4. The first kappa shape index (κ1) is 37.8. The lowest BCUT2D eigenvalue weighted by Gasteiger charge is -2.61. The number of carbonyl (C=O) groups excluding carboxylic acids is 5. The van der Waals surface area contributed by atoms with E-state index >= 15 is 0 Å². The highest BCUT2D eigenvalue weighted by Crippen LogP contribution is 2.56. The van der Waals surface area contributed by atoms with Crippen molar-refractivity contribution in [3.05, 3.63) is 0 Å². The molecule has 42 heavy (non-hydrogen) atoms. The molecule has 0 aromatic carbocycles. The molecule has 1 fully saturated rings. The Morgan fingerprint density at radius 2 is 0.976 bits per heavy atom. The zero-order valence-electron chi connectivity index (χ0n) is 28.0. The van der Waals surface area contributed by atoms with Gasteiger partial charge < -0.3 is 29.5 Å². The minimum absolute atomic E-state index is 1.08. The molecule has 3 N–H and O–H groups in total. The van der Waals surface area contributed by atoms with Gasteiger partial charge in [-0.15, -0.1) is 0 Å². The Hall–Kier alpha value is -2.21. The van der Waals surface area contributed by atoms with Crippen LogP contribution in [-0.4, -0.2) is 80.4 Å². The Balaban J connectivity index is 4.85. The monoisotopic (exact) mass is 600 g/mol. The lowest BCUT2D eigenvalue weighted by atomic mass is 9.56. The summed E-state index contributed by atoms with van der Waals surface area (Å²) >= 11 is 0. The molecule has 0 aromatic heterocycles. The summed E-state index contributed by atoms with van der Waals surface area (Å²) in [6, 6.07) is 0. The number of hydrogen-bond donors (Lipinski definition) is 3. The third kappa shape index (κ3) is 6.21. The third-order valence-electron chi connectivity index (χ3n) is 6.99. The molecule has 1 saturated heterocycles. The number of aliphatic hydroxyl groups excluding tert-OH is 2. The highest BCUT2D eigenvalue weighted by Gasteiger charge is 2.86. The molecule has 1 aliphatic heterocycles. The van der Waals surface area contributed by atoms with Crippen LogP contribution in [0, 0.1) is 27.1 Å². The lowest BCUT2D eigenvalue weighted by Crippen LogP contribution is -2.89. The quantitative estimate of drug-likeness (QED) is 0.383. The molecule has 242 valence electrons. The number of carbonyl (C=O) groups is 5. The summed E-state index contributed by atoms with van der Waals surface area (Å²) in [6.45, 7) is 20.1. The van der Waals surface area contributed by atoms with Crippen LogP contribution in [0.4, 0.5) is 0 Å². The number of aliphatic hydroxyl groups is 3. The first-order valence-corrected chi connectivity index (χ1v) is 14.1. The first-order valence-electron chi connectivity index (χ1n) is 14.1. The standard InChI is InChI=1S/C31H52O11/c1-24(2,3)19(34)29(39)18(33)17(16-32)40-31(21(36)26(7,8)9,42-23(38)28(13,14)15)30(29,20(35)25(4,5)6)41-22(37)27(10,11)12/h17-18,32-33,39H,16H2,1-15H3/t17-,18-,29-,30-,31?/m1/s1. The van der Waals surface area contributed by atoms with Gasteiger partial charge in [-0.25, -0.2) is 0 Å². The molecule has 0 saturated carbocycles. The smallest absolute Gasteiger partial charge is 0.325 e. The van der Waals surface area contributed by atoms with Gasteiger partial charge in [0.2, 0.25) is 11.4 Å². The second kappa shape index (κ2) is 11.1. The predicted molar refractivity (Wildman–Crippen MR) is 153 cm³/mol. The highest BCUT2D eigenvalue weighted by molar-refractivity contribution is 6.11. The first-order chi connectivity index (χ1) is 18.3. The Morgan fingerprint density at radius 3 is 1.29 bits per heavy atom. The molecule has 0 radical (unpaired) electrons. The molecular weight excluding hydrogens is 548 g/mol. The number of rotatable bonds is 6. The number of Topliss-reactive ketones (excluding diaryl/α,β-unsaturated/α-hetero) is 3. The predicted octanol–water partition coefficient (Wildman–Crippen LogP) is 2.93. The van der Waals surface area contributed by atoms with Crippen molar-refractivity contribution in [3.8, 4) is 0 Å². The number of esters is 2. The Morgan fingerprint density at radius 1 is 0.619 bits per heavy atom. The van der Waals surface area contributed by atoms with Gasteiger partial charge in [0, 0.05) is 16.2 Å². The minimum atomic E-state index is -3.48. The molecule has 11 nitrogen and oxygen atoms in total. The van der Waals surface area contributed by atoms with Gasteiger partial charge in [-0.3, -0.25) is 24.0 Å². The van der Waals surface area contributed by atoms with Gasteiger partial charge in [-0.2, -0.15) is 0 Å². The van der Waals surface area contributed by atoms with E-state index in [1.165, 1.54) is 104 Å². The molecule has 0 spiro atoms. The van der Waals surface area contributed by atoms with Gasteiger partial charge in [-0.1, -0.05) is 62.3 Å². The van der Waals surface area contributed by atoms with Crippen LogP contribution in [-0.2, 0) is 38.2 Å². The zero-order valence-corrected chi connectivity index (χ0v) is 28.0. The van der Waals surface area contributed by atoms with E-state index in [2.05, 4.69) is 0 Å². The molecule has 0 aliphatic carbocycles. The molecule has 0 aromatic rings. The second-order valence-electron chi connectivity index (χ2n) is 16.4. The Kier molecular flexibility index (Phi) is 9.95. The number of ketones is 3. The second-order valence-corrected chi connectivity index (χ2v) is 16.4. The van der Waals surface area contributed by atoms with E-state index in [0.717, 1.165) is 0 Å². The zero-order chi connectivity index (χ0) is 33.9. The van der Waals surface area contributed by atoms with Gasteiger partial charge in [0.25, 0.3) is 5.60 Å². The van der Waals surface area contributed by atoms with Crippen LogP contribution in [0.25, 0.3) is 0 Å². The normalized spacial score (nSPS) is 29.5. The summed E-state index contributed by atoms with van der Waals surface area (Å²) in [4.78, 5) is 71.4. The molecule has 5 atom stereocenters.